The minimum atomic E-state index is 0.306. The molecule has 1 saturated heterocycles. The largest absolute Gasteiger partial charge is 0.314 e. The van der Waals surface area contributed by atoms with Gasteiger partial charge >= 0.3 is 0 Å². The molecule has 3 heteroatoms. The maximum atomic E-state index is 4.16. The van der Waals surface area contributed by atoms with E-state index in [9.17, 15) is 0 Å². The Hall–Kier alpha value is -1.19. The second-order valence-corrected chi connectivity index (χ2v) is 3.75. The van der Waals surface area contributed by atoms with E-state index in [1.807, 2.05) is 18.3 Å². The Kier molecular flexibility index (Phi) is 3.48. The molecule has 3 nitrogen and oxygen atoms in total. The number of hydrogen-bond donors (Lipinski definition) is 1. The van der Waals surface area contributed by atoms with Crippen LogP contribution in [-0.2, 0) is 0 Å². The molecule has 1 aliphatic heterocycles. The third kappa shape index (κ3) is 2.43. The van der Waals surface area contributed by atoms with Crippen molar-refractivity contribution in [3.63, 3.8) is 0 Å². The van der Waals surface area contributed by atoms with Crippen molar-refractivity contribution in [1.82, 2.24) is 15.2 Å². The van der Waals surface area contributed by atoms with Crippen LogP contribution in [0, 0.1) is 0 Å². The lowest BCUT2D eigenvalue weighted by Gasteiger charge is -2.33. The number of nitrogens with zero attached hydrogens (tertiary/aromatic N) is 2. The van der Waals surface area contributed by atoms with Gasteiger partial charge in [0.1, 0.15) is 0 Å². The third-order valence-corrected chi connectivity index (χ3v) is 2.79. The molecule has 0 unspecified atom stereocenters. The molecule has 0 saturated carbocycles. The highest BCUT2D eigenvalue weighted by atomic mass is 15.2. The van der Waals surface area contributed by atoms with Crippen molar-refractivity contribution in [2.45, 2.75) is 6.04 Å². The summed E-state index contributed by atoms with van der Waals surface area (Å²) in [6, 6.07) is 4.40. The zero-order chi connectivity index (χ0) is 10.5. The Morgan fingerprint density at radius 3 is 2.87 bits per heavy atom. The van der Waals surface area contributed by atoms with E-state index in [0.717, 1.165) is 26.2 Å². The van der Waals surface area contributed by atoms with Gasteiger partial charge in [-0.1, -0.05) is 12.1 Å². The Bertz CT molecular complexity index is 304. The molecule has 1 aliphatic rings. The van der Waals surface area contributed by atoms with Crippen LogP contribution in [0.5, 0.6) is 0 Å². The van der Waals surface area contributed by atoms with Crippen molar-refractivity contribution in [3.05, 3.63) is 42.7 Å². The summed E-state index contributed by atoms with van der Waals surface area (Å²) in [5.74, 6) is 0. The van der Waals surface area contributed by atoms with Crippen LogP contribution in [-0.4, -0.2) is 36.1 Å². The predicted octanol–water partition coefficient (Wildman–Crippen LogP) is 1.21. The second kappa shape index (κ2) is 5.05. The Morgan fingerprint density at radius 1 is 1.47 bits per heavy atom. The maximum absolute atomic E-state index is 4.16. The van der Waals surface area contributed by atoms with Crippen LogP contribution in [0.15, 0.2) is 37.2 Å². The van der Waals surface area contributed by atoms with Gasteiger partial charge in [-0.25, -0.2) is 0 Å². The molecular weight excluding hydrogens is 186 g/mol. The summed E-state index contributed by atoms with van der Waals surface area (Å²) in [4.78, 5) is 6.59. The first kappa shape index (κ1) is 10.3. The van der Waals surface area contributed by atoms with Crippen molar-refractivity contribution in [3.8, 4) is 0 Å². The highest BCUT2D eigenvalue weighted by molar-refractivity contribution is 5.18. The number of hydrogen-bond acceptors (Lipinski definition) is 3. The second-order valence-electron chi connectivity index (χ2n) is 3.75. The average molecular weight is 203 g/mol. The summed E-state index contributed by atoms with van der Waals surface area (Å²) in [7, 11) is 0. The highest BCUT2D eigenvalue weighted by Crippen LogP contribution is 2.20. The Balaban J connectivity index is 2.12. The Labute approximate surface area is 90.8 Å². The fourth-order valence-electron chi connectivity index (χ4n) is 2.01. The first-order valence-corrected chi connectivity index (χ1v) is 5.39. The Morgan fingerprint density at radius 2 is 2.27 bits per heavy atom. The van der Waals surface area contributed by atoms with Crippen molar-refractivity contribution in [1.29, 1.82) is 0 Å². The van der Waals surface area contributed by atoms with Gasteiger partial charge in [-0.05, 0) is 11.6 Å². The minimum absolute atomic E-state index is 0.306. The van der Waals surface area contributed by atoms with Crippen LogP contribution >= 0.6 is 0 Å². The lowest BCUT2D eigenvalue weighted by atomic mass is 10.1. The van der Waals surface area contributed by atoms with Crippen LogP contribution in [0.3, 0.4) is 0 Å². The number of piperazine rings is 1. The molecule has 0 bridgehead atoms. The topological polar surface area (TPSA) is 28.2 Å². The summed E-state index contributed by atoms with van der Waals surface area (Å²) in [5, 5.41) is 3.35. The van der Waals surface area contributed by atoms with E-state index in [-0.39, 0.29) is 0 Å². The lowest BCUT2D eigenvalue weighted by Crippen LogP contribution is -2.44. The molecular formula is C12H17N3. The molecule has 15 heavy (non-hydrogen) atoms. The van der Waals surface area contributed by atoms with E-state index in [1.165, 1.54) is 5.56 Å². The average Bonchev–Trinajstić information content (AvgIpc) is 2.33. The first-order valence-electron chi connectivity index (χ1n) is 5.39. The summed E-state index contributed by atoms with van der Waals surface area (Å²) < 4.78 is 0. The van der Waals surface area contributed by atoms with Gasteiger partial charge in [-0.3, -0.25) is 9.88 Å². The standard InChI is InChI=1S/C12H17N3/c1-2-12(11-4-3-5-14-10-11)15-8-6-13-7-9-15/h2-5,10,12-13H,1,6-9H2/t12-/m1/s1. The van der Waals surface area contributed by atoms with E-state index in [2.05, 4.69) is 27.8 Å². The molecule has 1 atom stereocenters. The van der Waals surface area contributed by atoms with Gasteiger partial charge < -0.3 is 5.32 Å². The SMILES string of the molecule is C=C[C@H](c1cccnc1)N1CCNCC1. The maximum Gasteiger partial charge on any atom is 0.0545 e. The van der Waals surface area contributed by atoms with Gasteiger partial charge in [0.05, 0.1) is 6.04 Å². The lowest BCUT2D eigenvalue weighted by molar-refractivity contribution is 0.203. The molecule has 0 aromatic carbocycles. The molecule has 2 rings (SSSR count). The van der Waals surface area contributed by atoms with E-state index in [4.69, 9.17) is 0 Å². The van der Waals surface area contributed by atoms with Crippen molar-refractivity contribution in [2.24, 2.45) is 0 Å². The fraction of sp³-hybridized carbons (Fsp3) is 0.417. The normalized spacial score (nSPS) is 19.7. The number of pyridine rings is 1. The van der Waals surface area contributed by atoms with Crippen molar-refractivity contribution < 1.29 is 0 Å². The minimum Gasteiger partial charge on any atom is -0.314 e. The monoisotopic (exact) mass is 203 g/mol. The summed E-state index contributed by atoms with van der Waals surface area (Å²) in [5.41, 5.74) is 1.23. The summed E-state index contributed by atoms with van der Waals surface area (Å²) in [6.45, 7) is 8.19. The van der Waals surface area contributed by atoms with Crippen LogP contribution in [0.1, 0.15) is 11.6 Å². The molecule has 0 spiro atoms. The fourth-order valence-corrected chi connectivity index (χ4v) is 2.01. The predicted molar refractivity (Wildman–Crippen MR) is 61.6 cm³/mol. The number of nitrogens with one attached hydrogen (secondary N) is 1. The van der Waals surface area contributed by atoms with E-state index in [1.54, 1.807) is 6.20 Å². The number of aromatic nitrogens is 1. The third-order valence-electron chi connectivity index (χ3n) is 2.79. The van der Waals surface area contributed by atoms with Gasteiger partial charge in [0.15, 0.2) is 0 Å². The van der Waals surface area contributed by atoms with E-state index < -0.39 is 0 Å². The molecule has 1 aromatic heterocycles. The summed E-state index contributed by atoms with van der Waals surface area (Å²) >= 11 is 0. The van der Waals surface area contributed by atoms with Crippen molar-refractivity contribution >= 4 is 0 Å². The molecule has 0 aliphatic carbocycles. The first-order chi connectivity index (χ1) is 7.42. The van der Waals surface area contributed by atoms with E-state index in [0.29, 0.717) is 6.04 Å². The van der Waals surface area contributed by atoms with Gasteiger partial charge in [0.25, 0.3) is 0 Å². The van der Waals surface area contributed by atoms with E-state index >= 15 is 0 Å². The van der Waals surface area contributed by atoms with Gasteiger partial charge in [-0.15, -0.1) is 6.58 Å². The molecule has 0 radical (unpaired) electrons. The van der Waals surface area contributed by atoms with Crippen LogP contribution in [0.25, 0.3) is 0 Å². The zero-order valence-corrected chi connectivity index (χ0v) is 8.89. The molecule has 1 N–H and O–H groups in total. The smallest absolute Gasteiger partial charge is 0.0545 e. The molecule has 80 valence electrons. The van der Waals surface area contributed by atoms with Crippen LogP contribution in [0.2, 0.25) is 0 Å². The van der Waals surface area contributed by atoms with Gasteiger partial charge in [-0.2, -0.15) is 0 Å². The zero-order valence-electron chi connectivity index (χ0n) is 8.89. The van der Waals surface area contributed by atoms with Gasteiger partial charge in [0, 0.05) is 38.6 Å². The molecule has 0 amide bonds. The molecule has 1 fully saturated rings. The van der Waals surface area contributed by atoms with Crippen LogP contribution in [0.4, 0.5) is 0 Å². The quantitative estimate of drug-likeness (QED) is 0.749. The molecule has 2 heterocycles. The van der Waals surface area contributed by atoms with Crippen molar-refractivity contribution in [2.75, 3.05) is 26.2 Å². The number of rotatable bonds is 3. The molecule has 1 aromatic rings. The van der Waals surface area contributed by atoms with Crippen LogP contribution < -0.4 is 5.32 Å². The summed E-state index contributed by atoms with van der Waals surface area (Å²) in [6.07, 6.45) is 5.73. The highest BCUT2D eigenvalue weighted by Gasteiger charge is 2.18. The van der Waals surface area contributed by atoms with Gasteiger partial charge in [0.2, 0.25) is 0 Å².